The molecule has 4 aliphatic carbocycles. The van der Waals surface area contributed by atoms with E-state index in [-0.39, 0.29) is 5.41 Å². The third-order valence-corrected chi connectivity index (χ3v) is 6.01. The zero-order valence-electron chi connectivity index (χ0n) is 12.0. The van der Waals surface area contributed by atoms with Crippen molar-refractivity contribution in [2.24, 2.45) is 17.3 Å². The summed E-state index contributed by atoms with van der Waals surface area (Å²) < 4.78 is 5.74. The van der Waals surface area contributed by atoms with Crippen molar-refractivity contribution in [3.63, 3.8) is 0 Å². The fourth-order valence-corrected chi connectivity index (χ4v) is 6.07. The van der Waals surface area contributed by atoms with Crippen LogP contribution >= 0.6 is 0 Å². The number of hydrogen-bond acceptors (Lipinski definition) is 3. The maximum absolute atomic E-state index is 6.00. The molecule has 0 radical (unpaired) electrons. The Morgan fingerprint density at radius 1 is 1.26 bits per heavy atom. The van der Waals surface area contributed by atoms with E-state index in [1.54, 1.807) is 0 Å². The summed E-state index contributed by atoms with van der Waals surface area (Å²) >= 11 is 0. The quantitative estimate of drug-likeness (QED) is 0.882. The zero-order valence-corrected chi connectivity index (χ0v) is 12.0. The van der Waals surface area contributed by atoms with E-state index in [1.807, 2.05) is 0 Å². The summed E-state index contributed by atoms with van der Waals surface area (Å²) in [5.41, 5.74) is 7.98. The second-order valence-electron chi connectivity index (χ2n) is 7.78. The van der Waals surface area contributed by atoms with Crippen LogP contribution < -0.4 is 5.73 Å². The molecule has 4 aliphatic rings. The molecule has 2 N–H and O–H groups in total. The van der Waals surface area contributed by atoms with Crippen molar-refractivity contribution in [3.8, 4) is 0 Å². The molecule has 4 bridgehead atoms. The van der Waals surface area contributed by atoms with Crippen LogP contribution in [0.4, 0.5) is 5.82 Å². The smallest absolute Gasteiger partial charge is 0.170 e. The van der Waals surface area contributed by atoms with Crippen LogP contribution in [0.2, 0.25) is 0 Å². The molecule has 5 rings (SSSR count). The maximum atomic E-state index is 6.00. The summed E-state index contributed by atoms with van der Waals surface area (Å²) in [5.74, 6) is 3.58. The molecule has 1 aromatic rings. The van der Waals surface area contributed by atoms with Crippen LogP contribution in [0.15, 0.2) is 4.52 Å². The summed E-state index contributed by atoms with van der Waals surface area (Å²) in [6.45, 7) is 4.65. The highest BCUT2D eigenvalue weighted by atomic mass is 16.5. The molecule has 19 heavy (non-hydrogen) atoms. The third kappa shape index (κ3) is 1.53. The second-order valence-corrected chi connectivity index (χ2v) is 7.78. The number of anilines is 1. The van der Waals surface area contributed by atoms with Gasteiger partial charge < -0.3 is 10.3 Å². The first-order valence-electron chi connectivity index (χ1n) is 7.78. The molecule has 0 spiro atoms. The lowest BCUT2D eigenvalue weighted by Gasteiger charge is -2.60. The number of hydrogen-bond donors (Lipinski definition) is 1. The lowest BCUT2D eigenvalue weighted by molar-refractivity contribution is -0.0708. The highest BCUT2D eigenvalue weighted by molar-refractivity contribution is 5.44. The maximum Gasteiger partial charge on any atom is 0.170 e. The van der Waals surface area contributed by atoms with Crippen molar-refractivity contribution < 1.29 is 4.52 Å². The molecule has 2 unspecified atom stereocenters. The number of rotatable bonds is 2. The fraction of sp³-hybridized carbons (Fsp3) is 0.812. The first-order chi connectivity index (χ1) is 9.04. The largest absolute Gasteiger partial charge is 0.381 e. The standard InChI is InChI=1S/C16H24N2O/c1-3-12-13(19-18-14(12)17)16-7-10-4-11(8-16)6-15(2,5-10)9-16/h10-11H,3-9H2,1-2H3,(H2,17,18). The van der Waals surface area contributed by atoms with Gasteiger partial charge in [0.15, 0.2) is 5.82 Å². The Balaban J connectivity index is 1.81. The molecule has 3 heteroatoms. The van der Waals surface area contributed by atoms with Gasteiger partial charge in [0.2, 0.25) is 0 Å². The van der Waals surface area contributed by atoms with Crippen LogP contribution in [-0.4, -0.2) is 5.16 Å². The molecule has 1 heterocycles. The van der Waals surface area contributed by atoms with Gasteiger partial charge in [-0.1, -0.05) is 19.0 Å². The number of nitrogens with zero attached hydrogens (tertiary/aromatic N) is 1. The van der Waals surface area contributed by atoms with Crippen molar-refractivity contribution in [1.82, 2.24) is 5.16 Å². The number of aromatic nitrogens is 1. The lowest BCUT2D eigenvalue weighted by Crippen LogP contribution is -2.53. The van der Waals surface area contributed by atoms with Gasteiger partial charge in [0.1, 0.15) is 5.76 Å². The molecular weight excluding hydrogens is 236 g/mol. The van der Waals surface area contributed by atoms with Gasteiger partial charge in [-0.2, -0.15) is 0 Å². The van der Waals surface area contributed by atoms with E-state index in [9.17, 15) is 0 Å². The Morgan fingerprint density at radius 3 is 2.53 bits per heavy atom. The molecule has 2 atom stereocenters. The normalized spacial score (nSPS) is 43.9. The highest BCUT2D eigenvalue weighted by Gasteiger charge is 2.58. The van der Waals surface area contributed by atoms with Gasteiger partial charge in [0.25, 0.3) is 0 Å². The van der Waals surface area contributed by atoms with E-state index in [4.69, 9.17) is 10.3 Å². The molecular formula is C16H24N2O. The number of nitrogen functional groups attached to an aromatic ring is 1. The van der Waals surface area contributed by atoms with Crippen LogP contribution in [-0.2, 0) is 11.8 Å². The van der Waals surface area contributed by atoms with Crippen LogP contribution in [0.3, 0.4) is 0 Å². The summed E-state index contributed by atoms with van der Waals surface area (Å²) in [7, 11) is 0. The monoisotopic (exact) mass is 260 g/mol. The van der Waals surface area contributed by atoms with Crippen LogP contribution in [0.5, 0.6) is 0 Å². The molecule has 0 aromatic carbocycles. The molecule has 4 saturated carbocycles. The van der Waals surface area contributed by atoms with E-state index < -0.39 is 0 Å². The second kappa shape index (κ2) is 3.56. The first kappa shape index (κ1) is 11.8. The molecule has 4 fully saturated rings. The number of nitrogens with two attached hydrogens (primary N) is 1. The minimum atomic E-state index is 0.259. The van der Waals surface area contributed by atoms with E-state index >= 15 is 0 Å². The minimum Gasteiger partial charge on any atom is -0.381 e. The first-order valence-corrected chi connectivity index (χ1v) is 7.78. The third-order valence-electron chi connectivity index (χ3n) is 6.01. The van der Waals surface area contributed by atoms with E-state index in [0.717, 1.165) is 24.0 Å². The van der Waals surface area contributed by atoms with Gasteiger partial charge >= 0.3 is 0 Å². The average Bonchev–Trinajstić information content (AvgIpc) is 2.67. The van der Waals surface area contributed by atoms with Crippen molar-refractivity contribution in [2.45, 2.75) is 64.2 Å². The Bertz CT molecular complexity index is 505. The summed E-state index contributed by atoms with van der Waals surface area (Å²) in [6, 6.07) is 0. The zero-order chi connectivity index (χ0) is 13.3. The van der Waals surface area contributed by atoms with Crippen LogP contribution in [0.25, 0.3) is 0 Å². The van der Waals surface area contributed by atoms with Crippen molar-refractivity contribution in [2.75, 3.05) is 5.73 Å². The van der Waals surface area contributed by atoms with Crippen LogP contribution in [0.1, 0.15) is 63.7 Å². The van der Waals surface area contributed by atoms with Gasteiger partial charge in [-0.05, 0) is 62.2 Å². The van der Waals surface area contributed by atoms with Crippen molar-refractivity contribution >= 4 is 5.82 Å². The Hall–Kier alpha value is -0.990. The summed E-state index contributed by atoms with van der Waals surface area (Å²) in [5, 5.41) is 4.07. The van der Waals surface area contributed by atoms with E-state index in [0.29, 0.717) is 11.2 Å². The topological polar surface area (TPSA) is 52.0 Å². The van der Waals surface area contributed by atoms with Crippen molar-refractivity contribution in [1.29, 1.82) is 0 Å². The molecule has 0 aliphatic heterocycles. The van der Waals surface area contributed by atoms with E-state index in [1.165, 1.54) is 44.1 Å². The Labute approximate surface area is 114 Å². The summed E-state index contributed by atoms with van der Waals surface area (Å²) in [6.07, 6.45) is 9.14. The SMILES string of the molecule is CCc1c(N)noc1C12CC3CC(CC(C)(C3)C1)C2. The Kier molecular flexibility index (Phi) is 2.21. The van der Waals surface area contributed by atoms with Crippen molar-refractivity contribution in [3.05, 3.63) is 11.3 Å². The van der Waals surface area contributed by atoms with Gasteiger partial charge in [-0.25, -0.2) is 0 Å². The molecule has 0 saturated heterocycles. The average molecular weight is 260 g/mol. The lowest BCUT2D eigenvalue weighted by atomic mass is 9.44. The van der Waals surface area contributed by atoms with Gasteiger partial charge in [0.05, 0.1) is 0 Å². The predicted octanol–water partition coefficient (Wildman–Crippen LogP) is 3.68. The van der Waals surface area contributed by atoms with Gasteiger partial charge in [0, 0.05) is 11.0 Å². The van der Waals surface area contributed by atoms with Crippen LogP contribution in [0, 0.1) is 17.3 Å². The molecule has 0 amide bonds. The molecule has 104 valence electrons. The van der Waals surface area contributed by atoms with Gasteiger partial charge in [-0.3, -0.25) is 0 Å². The fourth-order valence-electron chi connectivity index (χ4n) is 6.07. The van der Waals surface area contributed by atoms with E-state index in [2.05, 4.69) is 19.0 Å². The van der Waals surface area contributed by atoms with Gasteiger partial charge in [-0.15, -0.1) is 0 Å². The highest BCUT2D eigenvalue weighted by Crippen LogP contribution is 2.66. The Morgan fingerprint density at radius 2 is 1.95 bits per heavy atom. The minimum absolute atomic E-state index is 0.259. The summed E-state index contributed by atoms with van der Waals surface area (Å²) in [4.78, 5) is 0. The molecule has 1 aromatic heterocycles. The predicted molar refractivity (Wildman–Crippen MR) is 74.8 cm³/mol. The molecule has 3 nitrogen and oxygen atoms in total.